The van der Waals surface area contributed by atoms with Crippen LogP contribution in [0, 0.1) is 5.82 Å². The number of hydrogen-bond donors (Lipinski definition) is 2. The zero-order valence-electron chi connectivity index (χ0n) is 20.3. The van der Waals surface area contributed by atoms with Crippen LogP contribution in [0.25, 0.3) is 6.08 Å². The SMILES string of the molecule is O=C(Nc1cccc(SCC(=O)c2ccccc2Cl)c1)/C(=C/c1c(F)cccc1Cl)NC(=O)c1ccccc1. The van der Waals surface area contributed by atoms with E-state index in [-0.39, 0.29) is 27.8 Å². The minimum atomic E-state index is -0.687. The molecule has 0 aromatic heterocycles. The first-order valence-corrected chi connectivity index (χ1v) is 13.4. The van der Waals surface area contributed by atoms with Crippen molar-refractivity contribution in [2.24, 2.45) is 0 Å². The lowest BCUT2D eigenvalue weighted by atomic mass is 10.1. The minimum absolute atomic E-state index is 0.0416. The van der Waals surface area contributed by atoms with Crippen LogP contribution < -0.4 is 10.6 Å². The van der Waals surface area contributed by atoms with Gasteiger partial charge in [-0.3, -0.25) is 14.4 Å². The third-order valence-corrected chi connectivity index (χ3v) is 7.11. The Bertz CT molecular complexity index is 1540. The summed E-state index contributed by atoms with van der Waals surface area (Å²) in [5, 5.41) is 5.74. The van der Waals surface area contributed by atoms with E-state index in [4.69, 9.17) is 23.2 Å². The summed E-state index contributed by atoms with van der Waals surface area (Å²) in [7, 11) is 0. The van der Waals surface area contributed by atoms with Crippen LogP contribution in [-0.2, 0) is 4.79 Å². The van der Waals surface area contributed by atoms with E-state index < -0.39 is 17.6 Å². The molecule has 0 fully saturated rings. The van der Waals surface area contributed by atoms with E-state index in [1.807, 2.05) is 0 Å². The third-order valence-electron chi connectivity index (χ3n) is 5.45. The number of thioether (sulfide) groups is 1. The molecule has 2 amide bonds. The van der Waals surface area contributed by atoms with E-state index in [1.165, 1.54) is 36.0 Å². The molecule has 0 atom stereocenters. The van der Waals surface area contributed by atoms with Crippen LogP contribution in [0.1, 0.15) is 26.3 Å². The van der Waals surface area contributed by atoms with Crippen molar-refractivity contribution in [3.63, 3.8) is 0 Å². The maximum atomic E-state index is 14.5. The molecule has 0 aliphatic heterocycles. The van der Waals surface area contributed by atoms with Crippen molar-refractivity contribution in [1.29, 1.82) is 0 Å². The Kier molecular flexibility index (Phi) is 9.54. The highest BCUT2D eigenvalue weighted by atomic mass is 35.5. The summed E-state index contributed by atoms with van der Waals surface area (Å²) >= 11 is 13.6. The third kappa shape index (κ3) is 7.57. The second kappa shape index (κ2) is 13.2. The second-order valence-electron chi connectivity index (χ2n) is 8.19. The first kappa shape index (κ1) is 28.1. The molecule has 0 aliphatic rings. The lowest BCUT2D eigenvalue weighted by Gasteiger charge is -2.13. The van der Waals surface area contributed by atoms with Gasteiger partial charge in [-0.05, 0) is 60.7 Å². The maximum Gasteiger partial charge on any atom is 0.272 e. The van der Waals surface area contributed by atoms with Crippen LogP contribution in [0.3, 0.4) is 0 Å². The molecule has 0 spiro atoms. The van der Waals surface area contributed by atoms with Crippen molar-refractivity contribution in [1.82, 2.24) is 5.32 Å². The Hall–Kier alpha value is -3.91. The topological polar surface area (TPSA) is 75.3 Å². The minimum Gasteiger partial charge on any atom is -0.321 e. The average molecular weight is 579 g/mol. The van der Waals surface area contributed by atoms with Crippen molar-refractivity contribution in [3.8, 4) is 0 Å². The van der Waals surface area contributed by atoms with Crippen LogP contribution in [0.4, 0.5) is 10.1 Å². The summed E-state index contributed by atoms with van der Waals surface area (Å²) in [6, 6.07) is 26.1. The van der Waals surface area contributed by atoms with Gasteiger partial charge >= 0.3 is 0 Å². The molecule has 2 N–H and O–H groups in total. The van der Waals surface area contributed by atoms with Gasteiger partial charge in [-0.2, -0.15) is 0 Å². The van der Waals surface area contributed by atoms with Crippen molar-refractivity contribution >= 4 is 64.3 Å². The lowest BCUT2D eigenvalue weighted by Crippen LogP contribution is -2.30. The molecule has 0 aliphatic carbocycles. The van der Waals surface area contributed by atoms with Gasteiger partial charge in [-0.1, -0.05) is 65.7 Å². The van der Waals surface area contributed by atoms with Gasteiger partial charge in [0.2, 0.25) is 0 Å². The molecule has 0 heterocycles. The quantitative estimate of drug-likeness (QED) is 0.122. The number of carbonyl (C=O) groups is 3. The Morgan fingerprint density at radius 3 is 2.26 bits per heavy atom. The molecule has 39 heavy (non-hydrogen) atoms. The molecule has 0 saturated carbocycles. The molecular weight excluding hydrogens is 558 g/mol. The standard InChI is InChI=1S/C30H21Cl2FN2O3S/c31-24-13-5-4-12-22(24)28(36)18-39-21-11-6-10-20(16-21)34-30(38)27(17-23-25(32)14-7-15-26(23)33)35-29(37)19-8-2-1-3-9-19/h1-17H,18H2,(H,34,38)(H,35,37)/b27-17-. The first-order valence-electron chi connectivity index (χ1n) is 11.7. The number of Topliss-reactive ketones (excluding diaryl/α,β-unsaturated/α-hetero) is 1. The number of benzene rings is 4. The number of nitrogens with one attached hydrogen (secondary N) is 2. The zero-order chi connectivity index (χ0) is 27.8. The lowest BCUT2D eigenvalue weighted by molar-refractivity contribution is -0.113. The second-order valence-corrected chi connectivity index (χ2v) is 10.1. The number of ketones is 1. The number of halogens is 3. The molecule has 5 nitrogen and oxygen atoms in total. The van der Waals surface area contributed by atoms with Gasteiger partial charge in [0.25, 0.3) is 11.8 Å². The van der Waals surface area contributed by atoms with Gasteiger partial charge in [0.1, 0.15) is 11.5 Å². The normalized spacial score (nSPS) is 11.1. The van der Waals surface area contributed by atoms with Gasteiger partial charge in [-0.15, -0.1) is 11.8 Å². The molecule has 4 aromatic rings. The van der Waals surface area contributed by atoms with E-state index in [1.54, 1.807) is 78.9 Å². The fourth-order valence-corrected chi connectivity index (χ4v) is 4.81. The monoisotopic (exact) mass is 578 g/mol. The summed E-state index contributed by atoms with van der Waals surface area (Å²) < 4.78 is 14.5. The van der Waals surface area contributed by atoms with E-state index in [9.17, 15) is 18.8 Å². The number of amides is 2. The van der Waals surface area contributed by atoms with Crippen LogP contribution in [0.5, 0.6) is 0 Å². The Morgan fingerprint density at radius 2 is 1.51 bits per heavy atom. The molecule has 0 radical (unpaired) electrons. The van der Waals surface area contributed by atoms with Crippen molar-refractivity contribution in [3.05, 3.63) is 135 Å². The molecule has 0 bridgehead atoms. The van der Waals surface area contributed by atoms with Crippen molar-refractivity contribution in [2.45, 2.75) is 4.90 Å². The highest BCUT2D eigenvalue weighted by Crippen LogP contribution is 2.26. The highest BCUT2D eigenvalue weighted by Gasteiger charge is 2.17. The highest BCUT2D eigenvalue weighted by molar-refractivity contribution is 8.00. The van der Waals surface area contributed by atoms with E-state index in [0.29, 0.717) is 21.8 Å². The van der Waals surface area contributed by atoms with Crippen LogP contribution in [0.2, 0.25) is 10.0 Å². The fraction of sp³-hybridized carbons (Fsp3) is 0.0333. The zero-order valence-corrected chi connectivity index (χ0v) is 22.6. The predicted octanol–water partition coefficient (Wildman–Crippen LogP) is 7.52. The number of rotatable bonds is 9. The van der Waals surface area contributed by atoms with E-state index >= 15 is 0 Å². The summed E-state index contributed by atoms with van der Waals surface area (Å²) in [6.07, 6.45) is 1.19. The molecular formula is C30H21Cl2FN2O3S. The summed E-state index contributed by atoms with van der Waals surface area (Å²) in [5.74, 6) is -1.87. The van der Waals surface area contributed by atoms with Gasteiger partial charge in [0.15, 0.2) is 5.78 Å². The number of carbonyl (C=O) groups excluding carboxylic acids is 3. The van der Waals surface area contributed by atoms with Crippen LogP contribution in [-0.4, -0.2) is 23.4 Å². The van der Waals surface area contributed by atoms with Crippen LogP contribution >= 0.6 is 35.0 Å². The van der Waals surface area contributed by atoms with E-state index in [2.05, 4.69) is 10.6 Å². The molecule has 0 unspecified atom stereocenters. The molecule has 9 heteroatoms. The largest absolute Gasteiger partial charge is 0.321 e. The van der Waals surface area contributed by atoms with Crippen LogP contribution in [0.15, 0.2) is 108 Å². The first-order chi connectivity index (χ1) is 18.8. The van der Waals surface area contributed by atoms with Gasteiger partial charge in [-0.25, -0.2) is 4.39 Å². The van der Waals surface area contributed by atoms with E-state index in [0.717, 1.165) is 4.90 Å². The van der Waals surface area contributed by atoms with Gasteiger partial charge in [0.05, 0.1) is 15.8 Å². The number of hydrogen-bond acceptors (Lipinski definition) is 4. The molecule has 4 rings (SSSR count). The van der Waals surface area contributed by atoms with Crippen molar-refractivity contribution < 1.29 is 18.8 Å². The molecule has 4 aromatic carbocycles. The number of anilines is 1. The average Bonchev–Trinajstić information content (AvgIpc) is 2.94. The predicted molar refractivity (Wildman–Crippen MR) is 155 cm³/mol. The van der Waals surface area contributed by atoms with Crippen molar-refractivity contribution in [2.75, 3.05) is 11.1 Å². The Morgan fingerprint density at radius 1 is 0.821 bits per heavy atom. The summed E-state index contributed by atoms with van der Waals surface area (Å²) in [5.41, 5.74) is 0.918. The Balaban J connectivity index is 1.53. The smallest absolute Gasteiger partial charge is 0.272 e. The summed E-state index contributed by atoms with van der Waals surface area (Å²) in [6.45, 7) is 0. The maximum absolute atomic E-state index is 14.5. The fourth-order valence-electron chi connectivity index (χ4n) is 3.51. The Labute approximate surface area is 239 Å². The van der Waals surface area contributed by atoms with Gasteiger partial charge < -0.3 is 10.6 Å². The van der Waals surface area contributed by atoms with Gasteiger partial charge in [0, 0.05) is 27.3 Å². The summed E-state index contributed by atoms with van der Waals surface area (Å²) in [4.78, 5) is 39.4. The molecule has 0 saturated heterocycles. The molecule has 196 valence electrons.